The molecule has 170 valence electrons. The standard InChI is InChI=1S/C26H34N4OS/c1-19-15-20(2)17-21(16-19)25-22(23-6-14-32-26(23)27-25)5-9-28-10-12-29(13-11-28)18-24(31)30-7-3-4-8-30/h6,14-17,27H,3-5,7-13,18H2,1-2H3. The minimum absolute atomic E-state index is 0.321. The number of hydrogen-bond acceptors (Lipinski definition) is 4. The molecular formula is C26H34N4OS. The summed E-state index contributed by atoms with van der Waals surface area (Å²) in [6, 6.07) is 9.09. The largest absolute Gasteiger partial charge is 0.346 e. The molecule has 2 aliphatic heterocycles. The molecule has 1 N–H and O–H groups in total. The fraction of sp³-hybridized carbons (Fsp3) is 0.500. The van der Waals surface area contributed by atoms with E-state index in [9.17, 15) is 4.79 Å². The van der Waals surface area contributed by atoms with Gasteiger partial charge in [0.2, 0.25) is 5.91 Å². The molecule has 2 fully saturated rings. The van der Waals surface area contributed by atoms with Gasteiger partial charge in [-0.15, -0.1) is 11.3 Å². The van der Waals surface area contributed by atoms with Crippen LogP contribution >= 0.6 is 11.3 Å². The Labute approximate surface area is 195 Å². The number of aromatic amines is 1. The molecule has 2 aliphatic rings. The zero-order chi connectivity index (χ0) is 22.1. The highest BCUT2D eigenvalue weighted by atomic mass is 32.1. The number of aromatic nitrogens is 1. The third kappa shape index (κ3) is 4.63. The summed E-state index contributed by atoms with van der Waals surface area (Å²) in [5.74, 6) is 0.321. The van der Waals surface area contributed by atoms with Crippen molar-refractivity contribution in [3.63, 3.8) is 0 Å². The molecule has 0 atom stereocenters. The van der Waals surface area contributed by atoms with E-state index in [4.69, 9.17) is 0 Å². The molecule has 0 bridgehead atoms. The molecule has 6 heteroatoms. The fourth-order valence-electron chi connectivity index (χ4n) is 5.29. The number of carbonyl (C=O) groups excluding carboxylic acids is 1. The Kier molecular flexibility index (Phi) is 6.35. The van der Waals surface area contributed by atoms with Gasteiger partial charge >= 0.3 is 0 Å². The van der Waals surface area contributed by atoms with Crippen LogP contribution in [0.25, 0.3) is 21.5 Å². The van der Waals surface area contributed by atoms with Crippen LogP contribution < -0.4 is 0 Å². The number of nitrogens with zero attached hydrogens (tertiary/aromatic N) is 3. The van der Waals surface area contributed by atoms with Gasteiger partial charge in [-0.3, -0.25) is 9.69 Å². The van der Waals surface area contributed by atoms with Gasteiger partial charge in [-0.2, -0.15) is 0 Å². The quantitative estimate of drug-likeness (QED) is 0.609. The van der Waals surface area contributed by atoms with E-state index in [1.54, 1.807) is 11.3 Å². The lowest BCUT2D eigenvalue weighted by Gasteiger charge is -2.35. The van der Waals surface area contributed by atoms with Gasteiger partial charge in [0.25, 0.3) is 0 Å². The van der Waals surface area contributed by atoms with Crippen molar-refractivity contribution in [2.45, 2.75) is 33.1 Å². The monoisotopic (exact) mass is 450 g/mol. The van der Waals surface area contributed by atoms with E-state index in [1.807, 2.05) is 4.90 Å². The second kappa shape index (κ2) is 9.38. The summed E-state index contributed by atoms with van der Waals surface area (Å²) in [5, 5.41) is 3.56. The molecule has 0 unspecified atom stereocenters. The van der Waals surface area contributed by atoms with Crippen LogP contribution in [0.4, 0.5) is 0 Å². The van der Waals surface area contributed by atoms with E-state index in [1.165, 1.54) is 51.0 Å². The summed E-state index contributed by atoms with van der Waals surface area (Å²) in [4.78, 5) is 24.4. The molecule has 0 spiro atoms. The van der Waals surface area contributed by atoms with Crippen molar-refractivity contribution in [2.75, 3.05) is 52.4 Å². The Hall–Kier alpha value is -2.15. The lowest BCUT2D eigenvalue weighted by molar-refractivity contribution is -0.131. The number of fused-ring (bicyclic) bond motifs is 1. The highest BCUT2D eigenvalue weighted by Crippen LogP contribution is 2.34. The number of likely N-dealkylation sites (tertiary alicyclic amines) is 1. The van der Waals surface area contributed by atoms with E-state index < -0.39 is 0 Å². The van der Waals surface area contributed by atoms with Crippen LogP contribution in [0, 0.1) is 13.8 Å². The molecule has 5 nitrogen and oxygen atoms in total. The van der Waals surface area contributed by atoms with Crippen LogP contribution in [0.15, 0.2) is 29.6 Å². The van der Waals surface area contributed by atoms with Crippen molar-refractivity contribution in [3.05, 3.63) is 46.3 Å². The molecule has 1 amide bonds. The van der Waals surface area contributed by atoms with Gasteiger partial charge in [-0.05, 0) is 67.8 Å². The minimum atomic E-state index is 0.321. The Bertz CT molecular complexity index is 1070. The predicted octanol–water partition coefficient (Wildman–Crippen LogP) is 4.30. The molecule has 0 saturated carbocycles. The van der Waals surface area contributed by atoms with Gasteiger partial charge in [0.1, 0.15) is 4.83 Å². The Balaban J connectivity index is 1.22. The fourth-order valence-corrected chi connectivity index (χ4v) is 6.11. The predicted molar refractivity (Wildman–Crippen MR) is 133 cm³/mol. The number of H-pyrrole nitrogens is 1. The van der Waals surface area contributed by atoms with Gasteiger partial charge in [0.05, 0.1) is 12.2 Å². The van der Waals surface area contributed by atoms with E-state index >= 15 is 0 Å². The molecule has 1 aromatic carbocycles. The molecule has 4 heterocycles. The zero-order valence-electron chi connectivity index (χ0n) is 19.3. The van der Waals surface area contributed by atoms with Gasteiger partial charge in [-0.25, -0.2) is 0 Å². The van der Waals surface area contributed by atoms with E-state index in [2.05, 4.69) is 58.3 Å². The summed E-state index contributed by atoms with van der Waals surface area (Å²) in [6.45, 7) is 12.0. The molecule has 2 saturated heterocycles. The van der Waals surface area contributed by atoms with Gasteiger partial charge < -0.3 is 14.8 Å². The molecule has 0 aliphatic carbocycles. The zero-order valence-corrected chi connectivity index (χ0v) is 20.1. The summed E-state index contributed by atoms with van der Waals surface area (Å²) in [7, 11) is 0. The van der Waals surface area contributed by atoms with Crippen LogP contribution in [-0.2, 0) is 11.2 Å². The second-order valence-electron chi connectivity index (χ2n) is 9.47. The highest BCUT2D eigenvalue weighted by molar-refractivity contribution is 7.16. The topological polar surface area (TPSA) is 42.6 Å². The maximum Gasteiger partial charge on any atom is 0.236 e. The van der Waals surface area contributed by atoms with Gasteiger partial charge in [0.15, 0.2) is 0 Å². The summed E-state index contributed by atoms with van der Waals surface area (Å²) >= 11 is 1.79. The van der Waals surface area contributed by atoms with Gasteiger partial charge in [0, 0.05) is 51.2 Å². The average Bonchev–Trinajstić information content (AvgIpc) is 3.50. The van der Waals surface area contributed by atoms with Crippen LogP contribution in [0.1, 0.15) is 29.5 Å². The molecule has 3 aromatic rings. The lowest BCUT2D eigenvalue weighted by atomic mass is 10.00. The highest BCUT2D eigenvalue weighted by Gasteiger charge is 2.24. The number of aryl methyl sites for hydroxylation is 2. The average molecular weight is 451 g/mol. The first-order chi connectivity index (χ1) is 15.6. The molecule has 5 rings (SSSR count). The number of carbonyl (C=O) groups is 1. The summed E-state index contributed by atoms with van der Waals surface area (Å²) in [6.07, 6.45) is 3.38. The van der Waals surface area contributed by atoms with E-state index in [0.29, 0.717) is 12.5 Å². The first kappa shape index (κ1) is 21.7. The van der Waals surface area contributed by atoms with Crippen molar-refractivity contribution in [3.8, 4) is 11.3 Å². The van der Waals surface area contributed by atoms with Crippen LogP contribution in [0.3, 0.4) is 0 Å². The first-order valence-corrected chi connectivity index (χ1v) is 12.8. The SMILES string of the molecule is Cc1cc(C)cc(-c2[nH]c3sccc3c2CCN2CCN(CC(=O)N3CCCC3)CC2)c1. The number of hydrogen-bond donors (Lipinski definition) is 1. The maximum atomic E-state index is 12.5. The number of nitrogens with one attached hydrogen (secondary N) is 1. The molecule has 0 radical (unpaired) electrons. The second-order valence-corrected chi connectivity index (χ2v) is 10.4. The smallest absolute Gasteiger partial charge is 0.236 e. The van der Waals surface area contributed by atoms with Crippen molar-refractivity contribution in [1.29, 1.82) is 0 Å². The number of benzene rings is 1. The van der Waals surface area contributed by atoms with Crippen molar-refractivity contribution >= 4 is 27.5 Å². The van der Waals surface area contributed by atoms with Crippen molar-refractivity contribution < 1.29 is 4.79 Å². The third-order valence-electron chi connectivity index (χ3n) is 7.00. The Morgan fingerprint density at radius 2 is 1.66 bits per heavy atom. The Morgan fingerprint density at radius 3 is 2.38 bits per heavy atom. The van der Waals surface area contributed by atoms with Crippen LogP contribution in [0.5, 0.6) is 0 Å². The minimum Gasteiger partial charge on any atom is -0.346 e. The normalized spacial score (nSPS) is 18.1. The lowest BCUT2D eigenvalue weighted by Crippen LogP contribution is -2.50. The van der Waals surface area contributed by atoms with Gasteiger partial charge in [-0.1, -0.05) is 17.2 Å². The molecule has 32 heavy (non-hydrogen) atoms. The third-order valence-corrected chi connectivity index (χ3v) is 7.83. The van der Waals surface area contributed by atoms with E-state index in [0.717, 1.165) is 52.2 Å². The van der Waals surface area contributed by atoms with Crippen LogP contribution in [0.2, 0.25) is 0 Å². The molecule has 2 aromatic heterocycles. The number of thiophene rings is 1. The molecular weight excluding hydrogens is 416 g/mol. The van der Waals surface area contributed by atoms with E-state index in [-0.39, 0.29) is 0 Å². The van der Waals surface area contributed by atoms with Crippen molar-refractivity contribution in [1.82, 2.24) is 19.7 Å². The Morgan fingerprint density at radius 1 is 0.969 bits per heavy atom. The number of rotatable bonds is 6. The summed E-state index contributed by atoms with van der Waals surface area (Å²) < 4.78 is 0. The van der Waals surface area contributed by atoms with Crippen LogP contribution in [-0.4, -0.2) is 77.9 Å². The number of amides is 1. The maximum absolute atomic E-state index is 12.5. The first-order valence-electron chi connectivity index (χ1n) is 12.0. The number of piperazine rings is 1. The summed E-state index contributed by atoms with van der Waals surface area (Å²) in [5.41, 5.74) is 6.64. The van der Waals surface area contributed by atoms with Crippen molar-refractivity contribution in [2.24, 2.45) is 0 Å².